The van der Waals surface area contributed by atoms with Crippen LogP contribution < -0.4 is 10.1 Å². The van der Waals surface area contributed by atoms with Gasteiger partial charge in [0, 0.05) is 5.56 Å². The minimum absolute atomic E-state index is 0.140. The fourth-order valence-corrected chi connectivity index (χ4v) is 4.61. The Labute approximate surface area is 171 Å². The summed E-state index contributed by atoms with van der Waals surface area (Å²) in [4.78, 5) is 17.7. The summed E-state index contributed by atoms with van der Waals surface area (Å²) in [5.74, 6) is 0.737. The second-order valence-corrected chi connectivity index (χ2v) is 8.69. The highest BCUT2D eigenvalue weighted by molar-refractivity contribution is 7.22. The molecule has 0 saturated carbocycles. The van der Waals surface area contributed by atoms with E-state index in [0.29, 0.717) is 16.6 Å². The van der Waals surface area contributed by atoms with Crippen LogP contribution in [0.4, 0.5) is 5.13 Å². The van der Waals surface area contributed by atoms with E-state index < -0.39 is 0 Å². The van der Waals surface area contributed by atoms with Crippen molar-refractivity contribution in [3.05, 3.63) is 75.0 Å². The Morgan fingerprint density at radius 3 is 2.86 bits per heavy atom. The van der Waals surface area contributed by atoms with Gasteiger partial charge in [-0.25, -0.2) is 4.98 Å². The van der Waals surface area contributed by atoms with Crippen molar-refractivity contribution in [2.24, 2.45) is 0 Å². The van der Waals surface area contributed by atoms with Gasteiger partial charge in [0.25, 0.3) is 5.91 Å². The number of carbonyl (C=O) groups is 1. The summed E-state index contributed by atoms with van der Waals surface area (Å²) in [5, 5.41) is 5.49. The van der Waals surface area contributed by atoms with Crippen molar-refractivity contribution >= 4 is 43.9 Å². The number of thiophene rings is 1. The molecule has 0 aliphatic heterocycles. The van der Waals surface area contributed by atoms with E-state index in [2.05, 4.69) is 36.3 Å². The van der Waals surface area contributed by atoms with Crippen LogP contribution in [0.25, 0.3) is 10.2 Å². The van der Waals surface area contributed by atoms with E-state index in [4.69, 9.17) is 4.74 Å². The van der Waals surface area contributed by atoms with Gasteiger partial charge in [-0.05, 0) is 67.1 Å². The first-order chi connectivity index (χ1) is 13.5. The number of carbonyl (C=O) groups excluding carboxylic acids is 1. The Hall–Kier alpha value is -2.70. The van der Waals surface area contributed by atoms with Crippen molar-refractivity contribution in [2.45, 2.75) is 27.4 Å². The number of nitrogens with one attached hydrogen (secondary N) is 1. The summed E-state index contributed by atoms with van der Waals surface area (Å²) in [6.07, 6.45) is 0. The molecule has 2 aromatic carbocycles. The molecule has 1 N–H and O–H groups in total. The normalized spacial score (nSPS) is 11.0. The lowest BCUT2D eigenvalue weighted by Crippen LogP contribution is -2.09. The Morgan fingerprint density at radius 1 is 1.14 bits per heavy atom. The first kappa shape index (κ1) is 18.7. The standard InChI is InChI=1S/C22H20N2O2S2/c1-13-7-8-17-19(9-13)28-22(23-17)24-21(25)20-10-16(12-27-20)11-26-18-6-4-5-14(2)15(18)3/h4-10,12H,11H2,1-3H3,(H,23,24,25). The number of thiazole rings is 1. The predicted octanol–water partition coefficient (Wildman–Crippen LogP) is 6.11. The van der Waals surface area contributed by atoms with Crippen LogP contribution in [0.2, 0.25) is 0 Å². The van der Waals surface area contributed by atoms with Gasteiger partial charge in [0.15, 0.2) is 5.13 Å². The topological polar surface area (TPSA) is 51.2 Å². The molecule has 0 aliphatic carbocycles. The molecule has 2 heterocycles. The van der Waals surface area contributed by atoms with Gasteiger partial charge in [0.1, 0.15) is 12.4 Å². The van der Waals surface area contributed by atoms with Crippen LogP contribution >= 0.6 is 22.7 Å². The first-order valence-electron chi connectivity index (χ1n) is 8.94. The second-order valence-electron chi connectivity index (χ2n) is 6.75. The maximum atomic E-state index is 12.6. The van der Waals surface area contributed by atoms with Crippen molar-refractivity contribution in [1.29, 1.82) is 0 Å². The zero-order valence-electron chi connectivity index (χ0n) is 15.9. The number of amides is 1. The Balaban J connectivity index is 1.42. The van der Waals surface area contributed by atoms with Crippen molar-refractivity contribution < 1.29 is 9.53 Å². The maximum absolute atomic E-state index is 12.6. The van der Waals surface area contributed by atoms with Crippen molar-refractivity contribution in [3.8, 4) is 5.75 Å². The minimum Gasteiger partial charge on any atom is -0.489 e. The third kappa shape index (κ3) is 3.93. The average Bonchev–Trinajstić information content (AvgIpc) is 3.29. The lowest BCUT2D eigenvalue weighted by atomic mass is 10.1. The second kappa shape index (κ2) is 7.73. The first-order valence-corrected chi connectivity index (χ1v) is 10.6. The molecule has 0 fully saturated rings. The fourth-order valence-electron chi connectivity index (χ4n) is 2.86. The zero-order valence-corrected chi connectivity index (χ0v) is 17.5. The summed E-state index contributed by atoms with van der Waals surface area (Å²) < 4.78 is 7.00. The Morgan fingerprint density at radius 2 is 2.00 bits per heavy atom. The van der Waals surface area contributed by atoms with E-state index in [1.807, 2.05) is 42.6 Å². The SMILES string of the molecule is Cc1ccc2nc(NC(=O)c3cc(COc4cccc(C)c4C)cs3)sc2c1. The van der Waals surface area contributed by atoms with Gasteiger partial charge >= 0.3 is 0 Å². The number of aromatic nitrogens is 1. The maximum Gasteiger partial charge on any atom is 0.267 e. The van der Waals surface area contributed by atoms with Crippen LogP contribution in [0.5, 0.6) is 5.75 Å². The summed E-state index contributed by atoms with van der Waals surface area (Å²) in [6.45, 7) is 6.61. The summed E-state index contributed by atoms with van der Waals surface area (Å²) in [5.41, 5.74) is 5.41. The van der Waals surface area contributed by atoms with E-state index in [9.17, 15) is 4.79 Å². The molecule has 4 aromatic rings. The lowest BCUT2D eigenvalue weighted by molar-refractivity contribution is 0.103. The molecule has 0 atom stereocenters. The predicted molar refractivity (Wildman–Crippen MR) is 117 cm³/mol. The monoisotopic (exact) mass is 408 g/mol. The Kier molecular flexibility index (Phi) is 5.15. The van der Waals surface area contributed by atoms with Crippen molar-refractivity contribution in [1.82, 2.24) is 4.98 Å². The average molecular weight is 409 g/mol. The van der Waals surface area contributed by atoms with E-state index in [1.54, 1.807) is 0 Å². The van der Waals surface area contributed by atoms with Crippen molar-refractivity contribution in [2.75, 3.05) is 5.32 Å². The van der Waals surface area contributed by atoms with Gasteiger partial charge in [-0.2, -0.15) is 0 Å². The molecule has 0 unspecified atom stereocenters. The van der Waals surface area contributed by atoms with Crippen LogP contribution in [0, 0.1) is 20.8 Å². The van der Waals surface area contributed by atoms with Gasteiger partial charge in [0.05, 0.1) is 15.1 Å². The number of fused-ring (bicyclic) bond motifs is 1. The van der Waals surface area contributed by atoms with Crippen LogP contribution in [-0.4, -0.2) is 10.9 Å². The molecule has 0 spiro atoms. The quantitative estimate of drug-likeness (QED) is 0.433. The number of hydrogen-bond donors (Lipinski definition) is 1. The molecule has 1 amide bonds. The van der Waals surface area contributed by atoms with E-state index in [-0.39, 0.29) is 5.91 Å². The number of benzene rings is 2. The van der Waals surface area contributed by atoms with Gasteiger partial charge in [-0.15, -0.1) is 11.3 Å². The molecule has 0 aliphatic rings. The number of rotatable bonds is 5. The summed E-state index contributed by atoms with van der Waals surface area (Å²) >= 11 is 2.90. The zero-order chi connectivity index (χ0) is 19.7. The van der Waals surface area contributed by atoms with E-state index >= 15 is 0 Å². The van der Waals surface area contributed by atoms with Gasteiger partial charge in [-0.1, -0.05) is 29.5 Å². The molecule has 4 nitrogen and oxygen atoms in total. The van der Waals surface area contributed by atoms with Crippen LogP contribution in [0.1, 0.15) is 31.9 Å². The number of aryl methyl sites for hydroxylation is 2. The third-order valence-electron chi connectivity index (χ3n) is 4.59. The highest BCUT2D eigenvalue weighted by Crippen LogP contribution is 2.28. The minimum atomic E-state index is -0.140. The molecular weight excluding hydrogens is 388 g/mol. The number of anilines is 1. The van der Waals surface area contributed by atoms with Crippen LogP contribution in [-0.2, 0) is 6.61 Å². The molecule has 142 valence electrons. The highest BCUT2D eigenvalue weighted by atomic mass is 32.1. The molecule has 0 bridgehead atoms. The third-order valence-corrected chi connectivity index (χ3v) is 6.50. The molecule has 2 aromatic heterocycles. The van der Waals surface area contributed by atoms with Crippen molar-refractivity contribution in [3.63, 3.8) is 0 Å². The Bertz CT molecular complexity index is 1160. The van der Waals surface area contributed by atoms with Gasteiger partial charge in [0.2, 0.25) is 0 Å². The molecular formula is C22H20N2O2S2. The van der Waals surface area contributed by atoms with Crippen LogP contribution in [0.3, 0.4) is 0 Å². The smallest absolute Gasteiger partial charge is 0.267 e. The molecule has 0 saturated heterocycles. The number of nitrogens with zero attached hydrogens (tertiary/aromatic N) is 1. The molecule has 0 radical (unpaired) electrons. The molecule has 4 rings (SSSR count). The van der Waals surface area contributed by atoms with Gasteiger partial charge in [-0.3, -0.25) is 10.1 Å². The highest BCUT2D eigenvalue weighted by Gasteiger charge is 2.13. The lowest BCUT2D eigenvalue weighted by Gasteiger charge is -2.09. The van der Waals surface area contributed by atoms with E-state index in [0.717, 1.165) is 27.1 Å². The fraction of sp³-hybridized carbons (Fsp3) is 0.182. The number of hydrogen-bond acceptors (Lipinski definition) is 5. The van der Waals surface area contributed by atoms with E-state index in [1.165, 1.54) is 33.8 Å². The van der Waals surface area contributed by atoms with Crippen LogP contribution in [0.15, 0.2) is 47.8 Å². The van der Waals surface area contributed by atoms with Gasteiger partial charge < -0.3 is 4.74 Å². The summed E-state index contributed by atoms with van der Waals surface area (Å²) in [7, 11) is 0. The largest absolute Gasteiger partial charge is 0.489 e. The summed E-state index contributed by atoms with van der Waals surface area (Å²) in [6, 6.07) is 14.0. The molecule has 6 heteroatoms. The number of ether oxygens (including phenoxy) is 1. The molecule has 28 heavy (non-hydrogen) atoms.